The lowest BCUT2D eigenvalue weighted by atomic mass is 10.3. The van der Waals surface area contributed by atoms with Crippen molar-refractivity contribution < 1.29 is 13.2 Å². The molecule has 0 bridgehead atoms. The summed E-state index contributed by atoms with van der Waals surface area (Å²) in [6.45, 7) is 2.20. The highest BCUT2D eigenvalue weighted by atomic mass is 79.9. The van der Waals surface area contributed by atoms with E-state index in [-0.39, 0.29) is 23.0 Å². The van der Waals surface area contributed by atoms with Crippen LogP contribution in [0.2, 0.25) is 0 Å². The molecule has 0 spiro atoms. The Labute approximate surface area is 127 Å². The summed E-state index contributed by atoms with van der Waals surface area (Å²) in [5, 5.41) is 2.63. The van der Waals surface area contributed by atoms with E-state index in [4.69, 9.17) is 5.73 Å². The minimum absolute atomic E-state index is 0.00788. The van der Waals surface area contributed by atoms with Gasteiger partial charge in [-0.25, -0.2) is 8.42 Å². The van der Waals surface area contributed by atoms with E-state index in [2.05, 4.69) is 21.2 Å². The number of carbonyl (C=O) groups excluding carboxylic acids is 1. The molecule has 1 rings (SSSR count). The predicted molar refractivity (Wildman–Crippen MR) is 81.7 cm³/mol. The summed E-state index contributed by atoms with van der Waals surface area (Å²) in [5.74, 6) is -0.339. The Kier molecular flexibility index (Phi) is 5.97. The second kappa shape index (κ2) is 7.05. The maximum absolute atomic E-state index is 12.3. The Morgan fingerprint density at radius 3 is 2.65 bits per heavy atom. The first-order valence-electron chi connectivity index (χ1n) is 6.07. The quantitative estimate of drug-likeness (QED) is 0.742. The monoisotopic (exact) mass is 363 g/mol. The highest BCUT2D eigenvalue weighted by Gasteiger charge is 2.24. The number of nitrogens with two attached hydrogens (primary N) is 1. The van der Waals surface area contributed by atoms with Gasteiger partial charge in [0.15, 0.2) is 0 Å². The predicted octanol–water partition coefficient (Wildman–Crippen LogP) is 1.18. The van der Waals surface area contributed by atoms with Crippen molar-refractivity contribution in [3.05, 3.63) is 22.7 Å². The Balaban J connectivity index is 2.90. The zero-order chi connectivity index (χ0) is 15.3. The molecule has 20 heavy (non-hydrogen) atoms. The van der Waals surface area contributed by atoms with E-state index in [0.29, 0.717) is 11.0 Å². The van der Waals surface area contributed by atoms with Crippen LogP contribution < -0.4 is 11.1 Å². The van der Waals surface area contributed by atoms with Crippen LogP contribution in [0.3, 0.4) is 0 Å². The maximum Gasteiger partial charge on any atom is 0.245 e. The average Bonchev–Trinajstić information content (AvgIpc) is 2.35. The molecule has 0 aliphatic heterocycles. The summed E-state index contributed by atoms with van der Waals surface area (Å²) >= 11 is 3.22. The molecule has 8 heteroatoms. The van der Waals surface area contributed by atoms with Gasteiger partial charge in [-0.3, -0.25) is 4.79 Å². The van der Waals surface area contributed by atoms with Gasteiger partial charge in [0.2, 0.25) is 15.9 Å². The van der Waals surface area contributed by atoms with E-state index in [1.807, 2.05) is 6.92 Å². The normalized spacial score (nSPS) is 11.6. The molecule has 0 radical (unpaired) electrons. The number of nitrogen functional groups attached to an aromatic ring is 1. The van der Waals surface area contributed by atoms with Gasteiger partial charge in [-0.15, -0.1) is 0 Å². The zero-order valence-corrected chi connectivity index (χ0v) is 13.8. The molecule has 0 aromatic heterocycles. The molecule has 1 aromatic rings. The van der Waals surface area contributed by atoms with Crippen LogP contribution >= 0.6 is 15.9 Å². The van der Waals surface area contributed by atoms with Crippen LogP contribution in [0, 0.1) is 0 Å². The molecular weight excluding hydrogens is 346 g/mol. The van der Waals surface area contributed by atoms with E-state index in [9.17, 15) is 13.2 Å². The first-order valence-corrected chi connectivity index (χ1v) is 8.30. The molecule has 0 unspecified atom stereocenters. The minimum atomic E-state index is -3.78. The number of hydrogen-bond acceptors (Lipinski definition) is 4. The largest absolute Gasteiger partial charge is 0.398 e. The van der Waals surface area contributed by atoms with Crippen LogP contribution in [0.5, 0.6) is 0 Å². The minimum Gasteiger partial charge on any atom is -0.398 e. The second-order valence-electron chi connectivity index (χ2n) is 4.29. The number of sulfonamides is 1. The van der Waals surface area contributed by atoms with Gasteiger partial charge in [0.05, 0.1) is 12.2 Å². The number of halogens is 1. The molecular formula is C12H18BrN3O3S. The van der Waals surface area contributed by atoms with E-state index in [1.54, 1.807) is 6.07 Å². The van der Waals surface area contributed by atoms with Crippen molar-refractivity contribution in [2.24, 2.45) is 0 Å². The van der Waals surface area contributed by atoms with Crippen molar-refractivity contribution in [3.63, 3.8) is 0 Å². The van der Waals surface area contributed by atoms with Gasteiger partial charge in [-0.1, -0.05) is 22.9 Å². The topological polar surface area (TPSA) is 92.5 Å². The smallest absolute Gasteiger partial charge is 0.245 e. The van der Waals surface area contributed by atoms with Crippen LogP contribution in [-0.4, -0.2) is 38.8 Å². The third kappa shape index (κ3) is 4.19. The summed E-state index contributed by atoms with van der Waals surface area (Å²) in [6.07, 6.45) is 0.794. The fourth-order valence-electron chi connectivity index (χ4n) is 1.53. The van der Waals surface area contributed by atoms with Crippen LogP contribution in [0.25, 0.3) is 0 Å². The van der Waals surface area contributed by atoms with E-state index in [1.165, 1.54) is 19.2 Å². The third-order valence-electron chi connectivity index (χ3n) is 2.60. The van der Waals surface area contributed by atoms with Crippen molar-refractivity contribution >= 4 is 37.5 Å². The van der Waals surface area contributed by atoms with Crippen molar-refractivity contribution in [2.75, 3.05) is 25.9 Å². The molecule has 0 aliphatic rings. The number of anilines is 1. The fourth-order valence-corrected chi connectivity index (χ4v) is 3.13. The van der Waals surface area contributed by atoms with Crippen LogP contribution in [-0.2, 0) is 14.8 Å². The Bertz CT molecular complexity index is 590. The number of carbonyl (C=O) groups is 1. The lowest BCUT2D eigenvalue weighted by Gasteiger charge is -2.18. The van der Waals surface area contributed by atoms with Gasteiger partial charge in [-0.2, -0.15) is 4.31 Å². The number of hydrogen-bond donors (Lipinski definition) is 2. The van der Waals surface area contributed by atoms with Gasteiger partial charge < -0.3 is 11.1 Å². The number of nitrogens with zero attached hydrogens (tertiary/aromatic N) is 1. The highest BCUT2D eigenvalue weighted by molar-refractivity contribution is 9.10. The zero-order valence-electron chi connectivity index (χ0n) is 11.4. The molecule has 1 amide bonds. The third-order valence-corrected chi connectivity index (χ3v) is 4.97. The molecule has 0 heterocycles. The number of likely N-dealkylation sites (N-methyl/N-ethyl adjacent to an activating group) is 1. The van der Waals surface area contributed by atoms with Gasteiger partial charge in [0.25, 0.3) is 0 Å². The lowest BCUT2D eigenvalue weighted by Crippen LogP contribution is -2.38. The molecule has 0 atom stereocenters. The van der Waals surface area contributed by atoms with Crippen LogP contribution in [0.4, 0.5) is 5.69 Å². The van der Waals surface area contributed by atoms with Gasteiger partial charge in [0.1, 0.15) is 4.90 Å². The van der Waals surface area contributed by atoms with E-state index in [0.717, 1.165) is 10.7 Å². The summed E-state index contributed by atoms with van der Waals surface area (Å²) in [5.41, 5.74) is 5.86. The maximum atomic E-state index is 12.3. The van der Waals surface area contributed by atoms with Crippen LogP contribution in [0.15, 0.2) is 27.6 Å². The van der Waals surface area contributed by atoms with E-state index >= 15 is 0 Å². The summed E-state index contributed by atoms with van der Waals surface area (Å²) in [4.78, 5) is 11.6. The molecule has 6 nitrogen and oxygen atoms in total. The summed E-state index contributed by atoms with van der Waals surface area (Å²) < 4.78 is 26.3. The number of benzene rings is 1. The van der Waals surface area contributed by atoms with Crippen LogP contribution in [0.1, 0.15) is 13.3 Å². The average molecular weight is 364 g/mol. The first-order chi connectivity index (χ1) is 9.28. The molecule has 3 N–H and O–H groups in total. The van der Waals surface area contributed by atoms with Crippen molar-refractivity contribution in [3.8, 4) is 0 Å². The molecule has 0 saturated carbocycles. The van der Waals surface area contributed by atoms with Gasteiger partial charge in [-0.05, 0) is 24.6 Å². The van der Waals surface area contributed by atoms with Gasteiger partial charge in [0, 0.05) is 18.1 Å². The molecule has 0 aliphatic carbocycles. The first kappa shape index (κ1) is 16.9. The molecule has 0 fully saturated rings. The lowest BCUT2D eigenvalue weighted by molar-refractivity contribution is -0.121. The number of nitrogens with one attached hydrogen (secondary N) is 1. The fraction of sp³-hybridized carbons (Fsp3) is 0.417. The van der Waals surface area contributed by atoms with Crippen molar-refractivity contribution in [2.45, 2.75) is 18.2 Å². The standard InChI is InChI=1S/C12H18BrN3O3S/c1-3-6-15-12(17)8-16(2)20(18,19)11-5-4-9(13)7-10(11)14/h4-5,7H,3,6,8,14H2,1-2H3,(H,15,17). The van der Waals surface area contributed by atoms with Crippen molar-refractivity contribution in [1.82, 2.24) is 9.62 Å². The Morgan fingerprint density at radius 2 is 2.10 bits per heavy atom. The molecule has 1 aromatic carbocycles. The van der Waals surface area contributed by atoms with Gasteiger partial charge >= 0.3 is 0 Å². The highest BCUT2D eigenvalue weighted by Crippen LogP contribution is 2.24. The molecule has 112 valence electrons. The summed E-state index contributed by atoms with van der Waals surface area (Å²) in [7, 11) is -2.43. The SMILES string of the molecule is CCCNC(=O)CN(C)S(=O)(=O)c1ccc(Br)cc1N. The molecule has 0 saturated heterocycles. The van der Waals surface area contributed by atoms with Crippen molar-refractivity contribution in [1.29, 1.82) is 0 Å². The number of amides is 1. The number of rotatable bonds is 6. The summed E-state index contributed by atoms with van der Waals surface area (Å²) in [6, 6.07) is 4.52. The second-order valence-corrected chi connectivity index (χ2v) is 7.22. The Morgan fingerprint density at radius 1 is 1.45 bits per heavy atom. The Hall–Kier alpha value is -1.12. The van der Waals surface area contributed by atoms with E-state index < -0.39 is 10.0 Å².